The second kappa shape index (κ2) is 20.7. The first-order chi connectivity index (χ1) is 20.2. The summed E-state index contributed by atoms with van der Waals surface area (Å²) in [5, 5.41) is 70.2. The van der Waals surface area contributed by atoms with Gasteiger partial charge < -0.3 is 54.7 Å². The molecule has 246 valence electrons. The summed E-state index contributed by atoms with van der Waals surface area (Å²) in [5.41, 5.74) is 0. The monoisotopic (exact) mass is 606 g/mol. The maximum absolute atomic E-state index is 12.6. The van der Waals surface area contributed by atoms with Crippen LogP contribution < -0.4 is 0 Å². The Kier molecular flexibility index (Phi) is 18.2. The summed E-state index contributed by atoms with van der Waals surface area (Å²) in [7, 11) is 0. The summed E-state index contributed by atoms with van der Waals surface area (Å²) in [6.45, 7) is 0.852. The normalized spacial score (nSPS) is 33.7. The molecule has 2 saturated heterocycles. The highest BCUT2D eigenvalue weighted by molar-refractivity contribution is 5.69. The average molecular weight is 607 g/mol. The third-order valence-electron chi connectivity index (χ3n) is 7.85. The minimum absolute atomic E-state index is 0.0815. The first-order valence-corrected chi connectivity index (χ1v) is 15.7. The average Bonchev–Trinajstić information content (AvgIpc) is 2.98. The Hall–Kier alpha value is -1.19. The maximum atomic E-state index is 12.6. The summed E-state index contributed by atoms with van der Waals surface area (Å²) in [4.78, 5) is 12.6. The number of hydrogen-bond acceptors (Lipinski definition) is 12. The Balaban J connectivity index is 1.72. The standard InChI is InChI=1S/C30H54O12/c1-2-3-4-5-6-7-8-9-10-11-12-13-14-15-16-17-22(33)41-30-28(26(37)24(35)21(19-32)40-30)42-29-27(38)25(36)23(34)20(18-31)39-29/h7-8,20-21,23-32,34-38H,2-6,9-19H2,1H3. The molecule has 2 aliphatic rings. The van der Waals surface area contributed by atoms with Crippen LogP contribution in [0.1, 0.15) is 96.8 Å². The van der Waals surface area contributed by atoms with E-state index in [0.717, 1.165) is 32.1 Å². The lowest BCUT2D eigenvalue weighted by Gasteiger charge is -2.45. The minimum Gasteiger partial charge on any atom is -0.433 e. The Morgan fingerprint density at radius 2 is 1.14 bits per heavy atom. The second-order valence-electron chi connectivity index (χ2n) is 11.3. The molecule has 10 atom stereocenters. The van der Waals surface area contributed by atoms with Gasteiger partial charge in [0, 0.05) is 6.42 Å². The van der Waals surface area contributed by atoms with Crippen molar-refractivity contribution in [3.05, 3.63) is 12.2 Å². The van der Waals surface area contributed by atoms with Crippen LogP contribution in [0.25, 0.3) is 0 Å². The summed E-state index contributed by atoms with van der Waals surface area (Å²) in [5.74, 6) is -0.635. The molecule has 0 spiro atoms. The predicted octanol–water partition coefficient (Wildman–Crippen LogP) is 1.19. The van der Waals surface area contributed by atoms with E-state index in [1.54, 1.807) is 0 Å². The summed E-state index contributed by atoms with van der Waals surface area (Å²) in [6, 6.07) is 0. The molecule has 2 aliphatic heterocycles. The van der Waals surface area contributed by atoms with Gasteiger partial charge in [-0.15, -0.1) is 0 Å². The molecule has 0 bridgehead atoms. The van der Waals surface area contributed by atoms with Crippen molar-refractivity contribution < 1.29 is 59.5 Å². The van der Waals surface area contributed by atoms with Crippen LogP contribution in [0.4, 0.5) is 0 Å². The van der Waals surface area contributed by atoms with E-state index in [-0.39, 0.29) is 6.42 Å². The molecule has 0 radical (unpaired) electrons. The second-order valence-corrected chi connectivity index (χ2v) is 11.3. The van der Waals surface area contributed by atoms with Crippen molar-refractivity contribution in [3.8, 4) is 0 Å². The number of carbonyl (C=O) groups is 1. The van der Waals surface area contributed by atoms with E-state index in [2.05, 4.69) is 19.1 Å². The van der Waals surface area contributed by atoms with Crippen LogP contribution in [0, 0.1) is 0 Å². The van der Waals surface area contributed by atoms with Crippen molar-refractivity contribution in [3.63, 3.8) is 0 Å². The molecular weight excluding hydrogens is 552 g/mol. The summed E-state index contributed by atoms with van der Waals surface area (Å²) < 4.78 is 21.7. The van der Waals surface area contributed by atoms with Crippen LogP contribution in [-0.4, -0.2) is 116 Å². The van der Waals surface area contributed by atoms with Crippen LogP contribution in [0.2, 0.25) is 0 Å². The van der Waals surface area contributed by atoms with E-state index in [1.165, 1.54) is 44.9 Å². The minimum atomic E-state index is -1.78. The van der Waals surface area contributed by atoms with Crippen LogP contribution in [0.3, 0.4) is 0 Å². The highest BCUT2D eigenvalue weighted by Crippen LogP contribution is 2.30. The zero-order valence-electron chi connectivity index (χ0n) is 24.9. The lowest BCUT2D eigenvalue weighted by Crippen LogP contribution is -2.64. The Morgan fingerprint density at radius 3 is 1.71 bits per heavy atom. The maximum Gasteiger partial charge on any atom is 0.308 e. The van der Waals surface area contributed by atoms with Gasteiger partial charge in [-0.05, 0) is 32.1 Å². The van der Waals surface area contributed by atoms with Crippen molar-refractivity contribution >= 4 is 5.97 Å². The number of esters is 1. The number of unbranched alkanes of at least 4 members (excludes halogenated alkanes) is 11. The molecule has 12 heteroatoms. The van der Waals surface area contributed by atoms with Crippen molar-refractivity contribution in [2.45, 2.75) is 158 Å². The zero-order chi connectivity index (χ0) is 30.9. The summed E-state index contributed by atoms with van der Waals surface area (Å²) in [6.07, 6.45) is 3.30. The van der Waals surface area contributed by atoms with Gasteiger partial charge in [0.25, 0.3) is 0 Å². The predicted molar refractivity (Wildman–Crippen MR) is 152 cm³/mol. The van der Waals surface area contributed by atoms with Gasteiger partial charge >= 0.3 is 5.97 Å². The third kappa shape index (κ3) is 12.1. The van der Waals surface area contributed by atoms with Crippen LogP contribution >= 0.6 is 0 Å². The molecule has 10 unspecified atom stereocenters. The molecule has 0 aliphatic carbocycles. The number of allylic oxidation sites excluding steroid dienone is 2. The first kappa shape index (κ1) is 37.0. The fourth-order valence-electron chi connectivity index (χ4n) is 5.16. The van der Waals surface area contributed by atoms with Gasteiger partial charge in [-0.2, -0.15) is 0 Å². The zero-order valence-corrected chi connectivity index (χ0v) is 24.9. The molecule has 0 aromatic rings. The van der Waals surface area contributed by atoms with Crippen molar-refractivity contribution in [1.29, 1.82) is 0 Å². The topological polar surface area (TPSA) is 196 Å². The van der Waals surface area contributed by atoms with E-state index in [4.69, 9.17) is 18.9 Å². The molecule has 2 rings (SSSR count). The molecule has 7 N–H and O–H groups in total. The molecule has 2 heterocycles. The van der Waals surface area contributed by atoms with E-state index in [0.29, 0.717) is 6.42 Å². The fraction of sp³-hybridized carbons (Fsp3) is 0.900. The van der Waals surface area contributed by atoms with Crippen molar-refractivity contribution in [1.82, 2.24) is 0 Å². The summed E-state index contributed by atoms with van der Waals surface area (Å²) >= 11 is 0. The highest BCUT2D eigenvalue weighted by Gasteiger charge is 2.51. The number of rotatable bonds is 20. The molecule has 2 fully saturated rings. The van der Waals surface area contributed by atoms with Crippen molar-refractivity contribution in [2.75, 3.05) is 13.2 Å². The number of aliphatic hydroxyl groups is 7. The number of hydrogen-bond donors (Lipinski definition) is 7. The van der Waals surface area contributed by atoms with Gasteiger partial charge in [-0.3, -0.25) is 4.79 Å². The molecule has 0 saturated carbocycles. The van der Waals surface area contributed by atoms with Gasteiger partial charge in [0.05, 0.1) is 13.2 Å². The van der Waals surface area contributed by atoms with E-state index in [1.807, 2.05) is 0 Å². The Labute approximate surface area is 249 Å². The SMILES string of the molecule is CCCCCCC=CCCCCCCCCCC(=O)OC1OC(CO)C(O)C(O)C1OC1OC(CO)C(O)C(O)C1O. The lowest BCUT2D eigenvalue weighted by atomic mass is 9.97. The molecule has 0 aromatic heterocycles. The highest BCUT2D eigenvalue weighted by atomic mass is 16.8. The van der Waals surface area contributed by atoms with Crippen LogP contribution in [0.15, 0.2) is 12.2 Å². The first-order valence-electron chi connectivity index (χ1n) is 15.7. The molecular formula is C30H54O12. The number of carbonyl (C=O) groups excluding carboxylic acids is 1. The van der Waals surface area contributed by atoms with Crippen LogP contribution in [-0.2, 0) is 23.7 Å². The number of aliphatic hydroxyl groups excluding tert-OH is 7. The Bertz CT molecular complexity index is 750. The fourth-order valence-corrected chi connectivity index (χ4v) is 5.16. The van der Waals surface area contributed by atoms with Crippen LogP contribution in [0.5, 0.6) is 0 Å². The molecule has 12 nitrogen and oxygen atoms in total. The van der Waals surface area contributed by atoms with Gasteiger partial charge in [-0.1, -0.05) is 70.4 Å². The Morgan fingerprint density at radius 1 is 0.643 bits per heavy atom. The lowest BCUT2D eigenvalue weighted by molar-refractivity contribution is -0.362. The third-order valence-corrected chi connectivity index (χ3v) is 7.85. The van der Waals surface area contributed by atoms with Gasteiger partial charge in [-0.25, -0.2) is 0 Å². The van der Waals surface area contributed by atoms with E-state index < -0.39 is 80.6 Å². The van der Waals surface area contributed by atoms with Gasteiger partial charge in [0.2, 0.25) is 6.29 Å². The van der Waals surface area contributed by atoms with Gasteiger partial charge in [0.1, 0.15) is 42.7 Å². The quantitative estimate of drug-likeness (QED) is 0.0595. The molecule has 0 amide bonds. The molecule has 42 heavy (non-hydrogen) atoms. The number of ether oxygens (including phenoxy) is 4. The van der Waals surface area contributed by atoms with Gasteiger partial charge in [0.15, 0.2) is 12.4 Å². The van der Waals surface area contributed by atoms with Crippen molar-refractivity contribution in [2.24, 2.45) is 0 Å². The molecule has 0 aromatic carbocycles. The van der Waals surface area contributed by atoms with E-state index in [9.17, 15) is 40.5 Å². The largest absolute Gasteiger partial charge is 0.433 e. The van der Waals surface area contributed by atoms with E-state index >= 15 is 0 Å². The smallest absolute Gasteiger partial charge is 0.308 e.